The van der Waals surface area contributed by atoms with Gasteiger partial charge in [-0.25, -0.2) is 0 Å². The third kappa shape index (κ3) is 4.29. The Morgan fingerprint density at radius 2 is 2.10 bits per heavy atom. The Labute approximate surface area is 123 Å². The Hall–Kier alpha value is -2.39. The second-order valence-electron chi connectivity index (χ2n) is 5.17. The average molecular weight is 287 g/mol. The zero-order chi connectivity index (χ0) is 15.2. The predicted molar refractivity (Wildman–Crippen MR) is 77.6 cm³/mol. The van der Waals surface area contributed by atoms with E-state index in [4.69, 9.17) is 5.26 Å². The molecule has 0 saturated carbocycles. The fourth-order valence-electron chi connectivity index (χ4n) is 2.41. The molecule has 6 nitrogen and oxygen atoms in total. The van der Waals surface area contributed by atoms with E-state index in [1.165, 1.54) is 4.90 Å². The van der Waals surface area contributed by atoms with Crippen molar-refractivity contribution in [2.24, 2.45) is 0 Å². The Morgan fingerprint density at radius 1 is 1.38 bits per heavy atom. The van der Waals surface area contributed by atoms with Crippen molar-refractivity contribution in [3.8, 4) is 6.07 Å². The second kappa shape index (κ2) is 6.86. The third-order valence-electron chi connectivity index (χ3n) is 3.60. The van der Waals surface area contributed by atoms with E-state index >= 15 is 0 Å². The van der Waals surface area contributed by atoms with Crippen molar-refractivity contribution in [3.05, 3.63) is 29.8 Å². The van der Waals surface area contributed by atoms with Gasteiger partial charge in [0, 0.05) is 12.6 Å². The molecule has 1 heterocycles. The summed E-state index contributed by atoms with van der Waals surface area (Å²) in [7, 11) is 0. The topological polar surface area (TPSA) is 77.6 Å². The Balaban J connectivity index is 1.83. The first-order chi connectivity index (χ1) is 10.1. The van der Waals surface area contributed by atoms with Crippen molar-refractivity contribution in [2.45, 2.75) is 6.92 Å². The van der Waals surface area contributed by atoms with Crippen LogP contribution in [0.3, 0.4) is 0 Å². The molecule has 1 aliphatic heterocycles. The summed E-state index contributed by atoms with van der Waals surface area (Å²) in [5, 5.41) is 11.6. The van der Waals surface area contributed by atoms with Gasteiger partial charge in [-0.05, 0) is 18.2 Å². The van der Waals surface area contributed by atoms with Crippen LogP contribution in [0.25, 0.3) is 0 Å². The fraction of sp³-hybridized carbons (Fsp3) is 0.400. The second-order valence-corrected chi connectivity index (χ2v) is 5.17. The van der Waals surface area contributed by atoms with Crippen LogP contribution in [0, 0.1) is 11.3 Å². The van der Waals surface area contributed by atoms with Gasteiger partial charge in [0.15, 0.2) is 6.54 Å². The number of nitrogens with one attached hydrogen (secondary N) is 2. The van der Waals surface area contributed by atoms with E-state index in [0.717, 1.165) is 13.1 Å². The summed E-state index contributed by atoms with van der Waals surface area (Å²) in [5.74, 6) is 0.0168. The van der Waals surface area contributed by atoms with E-state index < -0.39 is 0 Å². The number of carbonyl (C=O) groups excluding carboxylic acids is 2. The molecular weight excluding hydrogens is 268 g/mol. The number of rotatable bonds is 3. The first-order valence-corrected chi connectivity index (χ1v) is 6.97. The van der Waals surface area contributed by atoms with Gasteiger partial charge in [-0.3, -0.25) is 9.59 Å². The number of anilines is 1. The minimum atomic E-state index is -0.0728. The van der Waals surface area contributed by atoms with Crippen molar-refractivity contribution in [1.29, 1.82) is 5.26 Å². The third-order valence-corrected chi connectivity index (χ3v) is 3.60. The smallest absolute Gasteiger partial charge is 0.279 e. The van der Waals surface area contributed by atoms with Gasteiger partial charge in [0.05, 0.1) is 37.8 Å². The number of nitriles is 1. The predicted octanol–water partition coefficient (Wildman–Crippen LogP) is -0.756. The maximum Gasteiger partial charge on any atom is 0.279 e. The quantitative estimate of drug-likeness (QED) is 0.767. The van der Waals surface area contributed by atoms with E-state index in [-0.39, 0.29) is 11.8 Å². The van der Waals surface area contributed by atoms with E-state index in [1.807, 2.05) is 6.07 Å². The Kier molecular flexibility index (Phi) is 4.90. The maximum atomic E-state index is 12.0. The maximum absolute atomic E-state index is 12.0. The molecule has 0 radical (unpaired) electrons. The van der Waals surface area contributed by atoms with Crippen LogP contribution in [0.4, 0.5) is 5.69 Å². The van der Waals surface area contributed by atoms with Gasteiger partial charge in [0.25, 0.3) is 5.91 Å². The zero-order valence-corrected chi connectivity index (χ0v) is 12.1. The zero-order valence-electron chi connectivity index (χ0n) is 12.1. The Bertz CT molecular complexity index is 571. The number of nitrogens with zero attached hydrogens (tertiary/aromatic N) is 2. The summed E-state index contributed by atoms with van der Waals surface area (Å²) in [4.78, 5) is 26.2. The van der Waals surface area contributed by atoms with Gasteiger partial charge in [-0.2, -0.15) is 5.26 Å². The largest absolute Gasteiger partial charge is 0.332 e. The number of amides is 2. The molecule has 0 aliphatic carbocycles. The van der Waals surface area contributed by atoms with E-state index in [9.17, 15) is 9.59 Å². The first-order valence-electron chi connectivity index (χ1n) is 6.97. The van der Waals surface area contributed by atoms with E-state index in [0.29, 0.717) is 30.9 Å². The average Bonchev–Trinajstić information content (AvgIpc) is 2.47. The van der Waals surface area contributed by atoms with Crippen molar-refractivity contribution in [3.63, 3.8) is 0 Å². The lowest BCUT2D eigenvalue weighted by Crippen LogP contribution is -3.15. The highest BCUT2D eigenvalue weighted by molar-refractivity contribution is 5.91. The molecule has 6 heteroatoms. The molecule has 110 valence electrons. The van der Waals surface area contributed by atoms with E-state index in [2.05, 4.69) is 5.32 Å². The number of carbonyl (C=O) groups is 2. The molecule has 1 saturated heterocycles. The highest BCUT2D eigenvalue weighted by atomic mass is 16.2. The molecule has 2 amide bonds. The first kappa shape index (κ1) is 15.0. The minimum Gasteiger partial charge on any atom is -0.332 e. The SMILES string of the molecule is CC(=O)N1CC[NH+](CC(=O)Nc2cccc(C#N)c2)CC1. The molecule has 2 rings (SSSR count). The number of piperazine rings is 1. The molecule has 1 fully saturated rings. The number of quaternary nitrogens is 1. The molecule has 1 aliphatic rings. The van der Waals surface area contributed by atoms with Crippen LogP contribution in [0.2, 0.25) is 0 Å². The van der Waals surface area contributed by atoms with Gasteiger partial charge in [-0.15, -0.1) is 0 Å². The number of benzene rings is 1. The standard InChI is InChI=1S/C15H18N4O2/c1-12(20)19-7-5-18(6-8-19)11-15(21)17-14-4-2-3-13(9-14)10-16/h2-4,9H,5-8,11H2,1H3,(H,17,21)/p+1. The fourth-order valence-corrected chi connectivity index (χ4v) is 2.41. The highest BCUT2D eigenvalue weighted by Gasteiger charge is 2.23. The summed E-state index contributed by atoms with van der Waals surface area (Å²) in [5.41, 5.74) is 1.16. The van der Waals surface area contributed by atoms with Crippen LogP contribution in [-0.4, -0.2) is 49.4 Å². The Morgan fingerprint density at radius 3 is 2.71 bits per heavy atom. The van der Waals surface area contributed by atoms with Gasteiger partial charge in [0.1, 0.15) is 0 Å². The van der Waals surface area contributed by atoms with Gasteiger partial charge in [-0.1, -0.05) is 6.07 Å². The highest BCUT2D eigenvalue weighted by Crippen LogP contribution is 2.09. The molecule has 0 unspecified atom stereocenters. The lowest BCUT2D eigenvalue weighted by Gasteiger charge is -2.31. The molecule has 1 aromatic rings. The number of hydrogen-bond acceptors (Lipinski definition) is 3. The monoisotopic (exact) mass is 287 g/mol. The lowest BCUT2D eigenvalue weighted by molar-refractivity contribution is -0.895. The van der Waals surface area contributed by atoms with Crippen LogP contribution < -0.4 is 10.2 Å². The van der Waals surface area contributed by atoms with Crippen molar-refractivity contribution >= 4 is 17.5 Å². The number of hydrogen-bond donors (Lipinski definition) is 2. The van der Waals surface area contributed by atoms with Crippen LogP contribution in [-0.2, 0) is 9.59 Å². The molecule has 0 aromatic heterocycles. The molecule has 0 atom stereocenters. The van der Waals surface area contributed by atoms with Gasteiger partial charge < -0.3 is 15.1 Å². The molecular formula is C15H19N4O2+. The normalized spacial score (nSPS) is 15.3. The van der Waals surface area contributed by atoms with Crippen LogP contribution in [0.1, 0.15) is 12.5 Å². The van der Waals surface area contributed by atoms with Crippen LogP contribution in [0.15, 0.2) is 24.3 Å². The van der Waals surface area contributed by atoms with Gasteiger partial charge in [0.2, 0.25) is 5.91 Å². The van der Waals surface area contributed by atoms with Crippen molar-refractivity contribution in [1.82, 2.24) is 4.90 Å². The van der Waals surface area contributed by atoms with Gasteiger partial charge >= 0.3 is 0 Å². The van der Waals surface area contributed by atoms with Crippen LogP contribution in [0.5, 0.6) is 0 Å². The van der Waals surface area contributed by atoms with Crippen molar-refractivity contribution < 1.29 is 14.5 Å². The van der Waals surface area contributed by atoms with E-state index in [1.54, 1.807) is 36.1 Å². The molecule has 1 aromatic carbocycles. The summed E-state index contributed by atoms with van der Waals surface area (Å²) < 4.78 is 0. The van der Waals surface area contributed by atoms with Crippen molar-refractivity contribution in [2.75, 3.05) is 38.0 Å². The summed E-state index contributed by atoms with van der Waals surface area (Å²) in [6.45, 7) is 4.91. The van der Waals surface area contributed by atoms with Crippen LogP contribution >= 0.6 is 0 Å². The summed E-state index contributed by atoms with van der Waals surface area (Å²) in [6, 6.07) is 8.90. The summed E-state index contributed by atoms with van der Waals surface area (Å²) >= 11 is 0. The molecule has 2 N–H and O–H groups in total. The molecule has 0 bridgehead atoms. The molecule has 21 heavy (non-hydrogen) atoms. The molecule has 0 spiro atoms. The lowest BCUT2D eigenvalue weighted by atomic mass is 10.2. The summed E-state index contributed by atoms with van der Waals surface area (Å²) in [6.07, 6.45) is 0. The minimum absolute atomic E-state index is 0.0728.